The van der Waals surface area contributed by atoms with E-state index in [1.807, 2.05) is 20.8 Å². The van der Waals surface area contributed by atoms with Gasteiger partial charge in [0.2, 0.25) is 0 Å². The fraction of sp³-hybridized carbons (Fsp3) is 0.615. The molecule has 0 bridgehead atoms. The predicted molar refractivity (Wildman–Crippen MR) is 74.9 cm³/mol. The molecule has 2 rings (SSSR count). The Kier molecular flexibility index (Phi) is 3.33. The van der Waals surface area contributed by atoms with Crippen LogP contribution in [0.1, 0.15) is 27.2 Å². The van der Waals surface area contributed by atoms with Gasteiger partial charge in [0.05, 0.1) is 0 Å². The van der Waals surface area contributed by atoms with Crippen LogP contribution in [0.3, 0.4) is 0 Å². The summed E-state index contributed by atoms with van der Waals surface area (Å²) in [4.78, 5) is 29.4. The summed E-state index contributed by atoms with van der Waals surface area (Å²) < 4.78 is 1.59. The van der Waals surface area contributed by atoms with Gasteiger partial charge in [-0.2, -0.15) is 0 Å². The van der Waals surface area contributed by atoms with E-state index in [-0.39, 0.29) is 23.5 Å². The summed E-state index contributed by atoms with van der Waals surface area (Å²) in [5.41, 5.74) is 3.93. The number of carboxylic acid groups (broad SMARTS) is 1. The van der Waals surface area contributed by atoms with E-state index in [0.717, 1.165) is 0 Å². The largest absolute Gasteiger partial charge is 0.480 e. The average molecular weight is 280 g/mol. The number of carboxylic acids is 1. The number of aliphatic carboxylic acids is 1. The van der Waals surface area contributed by atoms with E-state index >= 15 is 0 Å². The van der Waals surface area contributed by atoms with Crippen molar-refractivity contribution < 1.29 is 9.90 Å². The lowest BCUT2D eigenvalue weighted by atomic mass is 10.0. The van der Waals surface area contributed by atoms with Crippen molar-refractivity contribution in [3.8, 4) is 0 Å². The number of rotatable bonds is 2. The fourth-order valence-electron chi connectivity index (χ4n) is 2.33. The normalized spacial score (nSPS) is 23.1. The molecule has 110 valence electrons. The van der Waals surface area contributed by atoms with Crippen LogP contribution in [0.4, 0.5) is 5.82 Å². The van der Waals surface area contributed by atoms with Gasteiger partial charge in [0.15, 0.2) is 5.82 Å². The van der Waals surface area contributed by atoms with Crippen LogP contribution in [0, 0.1) is 0 Å². The highest BCUT2D eigenvalue weighted by Crippen LogP contribution is 2.22. The molecule has 7 heteroatoms. The standard InChI is InChI=1S/C13H20N4O3/c1-12(2,3)17-7-5-15-9(10(17)18)16-6-4-13(14,8-16)11(19)20/h5,7H,4,6,8,14H2,1-3H3,(H,19,20). The molecule has 1 aromatic heterocycles. The second-order valence-corrected chi connectivity index (χ2v) is 6.23. The Hall–Kier alpha value is -1.89. The molecule has 1 aliphatic heterocycles. The average Bonchev–Trinajstić information content (AvgIpc) is 2.72. The summed E-state index contributed by atoms with van der Waals surface area (Å²) in [5.74, 6) is -0.789. The molecule has 1 aromatic rings. The minimum Gasteiger partial charge on any atom is -0.480 e. The molecule has 1 saturated heterocycles. The lowest BCUT2D eigenvalue weighted by Crippen LogP contribution is -2.50. The highest BCUT2D eigenvalue weighted by atomic mass is 16.4. The minimum absolute atomic E-state index is 0.0960. The zero-order valence-electron chi connectivity index (χ0n) is 12.0. The van der Waals surface area contributed by atoms with Crippen LogP contribution in [0.15, 0.2) is 17.2 Å². The van der Waals surface area contributed by atoms with Crippen molar-refractivity contribution >= 4 is 11.8 Å². The predicted octanol–water partition coefficient (Wildman–Crippen LogP) is -0.00950. The van der Waals surface area contributed by atoms with Gasteiger partial charge in [-0.15, -0.1) is 0 Å². The molecule has 1 fully saturated rings. The summed E-state index contributed by atoms with van der Waals surface area (Å²) in [6.45, 7) is 6.28. The second-order valence-electron chi connectivity index (χ2n) is 6.23. The fourth-order valence-corrected chi connectivity index (χ4v) is 2.33. The molecule has 3 N–H and O–H groups in total. The van der Waals surface area contributed by atoms with Crippen molar-refractivity contribution in [1.82, 2.24) is 9.55 Å². The van der Waals surface area contributed by atoms with Crippen molar-refractivity contribution in [2.75, 3.05) is 18.0 Å². The van der Waals surface area contributed by atoms with Gasteiger partial charge in [0.1, 0.15) is 5.54 Å². The molecule has 0 aromatic carbocycles. The first-order valence-corrected chi connectivity index (χ1v) is 6.50. The molecule has 1 atom stereocenters. The number of carbonyl (C=O) groups is 1. The molecule has 0 aliphatic carbocycles. The van der Waals surface area contributed by atoms with E-state index in [2.05, 4.69) is 4.98 Å². The van der Waals surface area contributed by atoms with E-state index < -0.39 is 11.5 Å². The Balaban J connectivity index is 2.37. The Bertz CT molecular complexity index is 590. The van der Waals surface area contributed by atoms with Gasteiger partial charge in [0.25, 0.3) is 5.56 Å². The first-order chi connectivity index (χ1) is 9.15. The van der Waals surface area contributed by atoms with Crippen molar-refractivity contribution in [2.45, 2.75) is 38.3 Å². The van der Waals surface area contributed by atoms with Crippen LogP contribution in [0.2, 0.25) is 0 Å². The maximum absolute atomic E-state index is 12.5. The van der Waals surface area contributed by atoms with Gasteiger partial charge < -0.3 is 20.3 Å². The van der Waals surface area contributed by atoms with Crippen molar-refractivity contribution in [3.05, 3.63) is 22.7 Å². The lowest BCUT2D eigenvalue weighted by Gasteiger charge is -2.25. The molecule has 2 heterocycles. The topological polar surface area (TPSA) is 101 Å². The number of aromatic nitrogens is 2. The maximum atomic E-state index is 12.5. The first kappa shape index (κ1) is 14.5. The summed E-state index contributed by atoms with van der Waals surface area (Å²) in [5, 5.41) is 9.13. The van der Waals surface area contributed by atoms with E-state index in [9.17, 15) is 9.59 Å². The van der Waals surface area contributed by atoms with Gasteiger partial charge >= 0.3 is 5.97 Å². The molecule has 1 unspecified atom stereocenters. The quantitative estimate of drug-likeness (QED) is 0.790. The maximum Gasteiger partial charge on any atom is 0.325 e. The van der Waals surface area contributed by atoms with Gasteiger partial charge in [0, 0.05) is 31.0 Å². The third kappa shape index (κ3) is 2.40. The zero-order valence-corrected chi connectivity index (χ0v) is 12.0. The Labute approximate surface area is 117 Å². The molecule has 0 radical (unpaired) electrons. The molecule has 0 saturated carbocycles. The highest BCUT2D eigenvalue weighted by molar-refractivity contribution is 5.80. The number of hydrogen-bond donors (Lipinski definition) is 2. The third-order valence-electron chi connectivity index (χ3n) is 3.57. The number of nitrogens with two attached hydrogens (primary N) is 1. The van der Waals surface area contributed by atoms with Gasteiger partial charge in [-0.25, -0.2) is 4.98 Å². The summed E-state index contributed by atoms with van der Waals surface area (Å²) in [6, 6.07) is 0. The number of nitrogens with zero attached hydrogens (tertiary/aromatic N) is 3. The Morgan fingerprint density at radius 2 is 2.15 bits per heavy atom. The summed E-state index contributed by atoms with van der Waals surface area (Å²) in [6.07, 6.45) is 3.49. The van der Waals surface area contributed by atoms with Gasteiger partial charge in [-0.1, -0.05) is 0 Å². The monoisotopic (exact) mass is 280 g/mol. The molecule has 0 spiro atoms. The van der Waals surface area contributed by atoms with E-state index in [1.54, 1.807) is 21.9 Å². The summed E-state index contributed by atoms with van der Waals surface area (Å²) >= 11 is 0. The van der Waals surface area contributed by atoms with Gasteiger partial charge in [-0.3, -0.25) is 9.59 Å². The van der Waals surface area contributed by atoms with E-state index in [4.69, 9.17) is 10.8 Å². The molecule has 1 aliphatic rings. The molecule has 0 amide bonds. The van der Waals surface area contributed by atoms with Crippen LogP contribution >= 0.6 is 0 Å². The molecular weight excluding hydrogens is 260 g/mol. The van der Waals surface area contributed by atoms with E-state index in [1.165, 1.54) is 0 Å². The lowest BCUT2D eigenvalue weighted by molar-refractivity contribution is -0.142. The Morgan fingerprint density at radius 1 is 1.50 bits per heavy atom. The minimum atomic E-state index is -1.31. The van der Waals surface area contributed by atoms with E-state index in [0.29, 0.717) is 13.0 Å². The Morgan fingerprint density at radius 3 is 2.65 bits per heavy atom. The molecule has 7 nitrogen and oxygen atoms in total. The zero-order chi connectivity index (χ0) is 15.1. The smallest absolute Gasteiger partial charge is 0.325 e. The third-order valence-corrected chi connectivity index (χ3v) is 3.57. The number of anilines is 1. The molecule has 20 heavy (non-hydrogen) atoms. The van der Waals surface area contributed by atoms with Crippen molar-refractivity contribution in [2.24, 2.45) is 5.73 Å². The highest BCUT2D eigenvalue weighted by Gasteiger charge is 2.42. The van der Waals surface area contributed by atoms with Crippen LogP contribution in [0.25, 0.3) is 0 Å². The SMILES string of the molecule is CC(C)(C)n1ccnc(N2CCC(N)(C(=O)O)C2)c1=O. The van der Waals surface area contributed by atoms with Gasteiger partial charge in [-0.05, 0) is 27.2 Å². The summed E-state index contributed by atoms with van der Waals surface area (Å²) in [7, 11) is 0. The van der Waals surface area contributed by atoms with Crippen LogP contribution < -0.4 is 16.2 Å². The van der Waals surface area contributed by atoms with Crippen molar-refractivity contribution in [3.63, 3.8) is 0 Å². The van der Waals surface area contributed by atoms with Crippen LogP contribution in [0.5, 0.6) is 0 Å². The molecular formula is C13H20N4O3. The second kappa shape index (κ2) is 4.59. The first-order valence-electron chi connectivity index (χ1n) is 6.50. The number of hydrogen-bond acceptors (Lipinski definition) is 5. The van der Waals surface area contributed by atoms with Crippen molar-refractivity contribution in [1.29, 1.82) is 0 Å². The van der Waals surface area contributed by atoms with Crippen LogP contribution in [-0.2, 0) is 10.3 Å². The van der Waals surface area contributed by atoms with Crippen LogP contribution in [-0.4, -0.2) is 39.3 Å².